The first-order valence-electron chi connectivity index (χ1n) is 10.2. The van der Waals surface area contributed by atoms with Crippen molar-refractivity contribution < 1.29 is 9.59 Å². The van der Waals surface area contributed by atoms with Gasteiger partial charge in [-0.3, -0.25) is 9.59 Å². The molecule has 0 aliphatic heterocycles. The summed E-state index contributed by atoms with van der Waals surface area (Å²) in [5, 5.41) is 6.69. The van der Waals surface area contributed by atoms with Crippen molar-refractivity contribution in [1.82, 2.24) is 5.32 Å². The number of rotatable bonds is 5. The standard InChI is InChI=1S/C23H29BrN2O2S/c1-5-12-25-21(28)19-17-11-8-15(23(2,3)4)13-18(17)29-22(19)26-20(27)14-6-9-16(24)10-7-14/h6-7,9-10,15H,5,8,11-13H2,1-4H3,(H,25,28)(H,26,27). The highest BCUT2D eigenvalue weighted by Crippen LogP contribution is 2.44. The van der Waals surface area contributed by atoms with Crippen molar-refractivity contribution in [2.45, 2.75) is 53.4 Å². The first-order valence-corrected chi connectivity index (χ1v) is 11.8. The summed E-state index contributed by atoms with van der Waals surface area (Å²) in [5.74, 6) is 0.313. The van der Waals surface area contributed by atoms with Crippen molar-refractivity contribution in [2.24, 2.45) is 11.3 Å². The molecular formula is C23H29BrN2O2S. The van der Waals surface area contributed by atoms with Gasteiger partial charge in [0.15, 0.2) is 0 Å². The van der Waals surface area contributed by atoms with Crippen LogP contribution in [0.2, 0.25) is 0 Å². The lowest BCUT2D eigenvalue weighted by Crippen LogP contribution is -2.29. The molecule has 0 spiro atoms. The number of benzene rings is 1. The molecule has 156 valence electrons. The molecule has 3 rings (SSSR count). The van der Waals surface area contributed by atoms with Crippen LogP contribution in [-0.4, -0.2) is 18.4 Å². The highest BCUT2D eigenvalue weighted by molar-refractivity contribution is 9.10. The highest BCUT2D eigenvalue weighted by Gasteiger charge is 2.34. The van der Waals surface area contributed by atoms with E-state index in [1.165, 1.54) is 4.88 Å². The Balaban J connectivity index is 1.92. The van der Waals surface area contributed by atoms with Crippen molar-refractivity contribution in [3.8, 4) is 0 Å². The number of fused-ring (bicyclic) bond motifs is 1. The number of thiophene rings is 1. The molecule has 1 aliphatic carbocycles. The third-order valence-corrected chi connectivity index (χ3v) is 7.28. The van der Waals surface area contributed by atoms with Crippen LogP contribution in [0.1, 0.15) is 71.7 Å². The van der Waals surface area contributed by atoms with Crippen molar-refractivity contribution in [2.75, 3.05) is 11.9 Å². The van der Waals surface area contributed by atoms with E-state index in [0.717, 1.165) is 35.7 Å². The second-order valence-corrected chi connectivity index (χ2v) is 10.8. The predicted molar refractivity (Wildman–Crippen MR) is 124 cm³/mol. The van der Waals surface area contributed by atoms with Crippen molar-refractivity contribution >= 4 is 44.1 Å². The summed E-state index contributed by atoms with van der Waals surface area (Å²) < 4.78 is 0.925. The fourth-order valence-corrected chi connectivity index (χ4v) is 5.34. The lowest BCUT2D eigenvalue weighted by Gasteiger charge is -2.33. The minimum Gasteiger partial charge on any atom is -0.352 e. The predicted octanol–water partition coefficient (Wildman–Crippen LogP) is 6.05. The lowest BCUT2D eigenvalue weighted by atomic mass is 9.72. The summed E-state index contributed by atoms with van der Waals surface area (Å²) in [6, 6.07) is 7.24. The number of hydrogen-bond acceptors (Lipinski definition) is 3. The Kier molecular flexibility index (Phi) is 6.84. The molecule has 0 radical (unpaired) electrons. The summed E-state index contributed by atoms with van der Waals surface area (Å²) in [7, 11) is 0. The van der Waals surface area contributed by atoms with Gasteiger partial charge in [0.2, 0.25) is 0 Å². The van der Waals surface area contributed by atoms with Crippen LogP contribution >= 0.6 is 27.3 Å². The maximum absolute atomic E-state index is 12.9. The molecule has 0 bridgehead atoms. The van der Waals surface area contributed by atoms with Gasteiger partial charge in [0.05, 0.1) is 5.56 Å². The smallest absolute Gasteiger partial charge is 0.256 e. The fourth-order valence-electron chi connectivity index (χ4n) is 3.76. The van der Waals surface area contributed by atoms with E-state index < -0.39 is 0 Å². The summed E-state index contributed by atoms with van der Waals surface area (Å²) in [6.45, 7) is 9.51. The van der Waals surface area contributed by atoms with Crippen LogP contribution in [0.4, 0.5) is 5.00 Å². The van der Waals surface area contributed by atoms with E-state index in [9.17, 15) is 9.59 Å². The Morgan fingerprint density at radius 2 is 1.86 bits per heavy atom. The second kappa shape index (κ2) is 9.00. The monoisotopic (exact) mass is 476 g/mol. The first kappa shape index (κ1) is 22.0. The van der Waals surface area contributed by atoms with Gasteiger partial charge in [-0.25, -0.2) is 0 Å². The molecular weight excluding hydrogens is 448 g/mol. The Hall–Kier alpha value is -1.66. The number of halogens is 1. The van der Waals surface area contributed by atoms with E-state index in [4.69, 9.17) is 0 Å². The summed E-state index contributed by atoms with van der Waals surface area (Å²) in [5.41, 5.74) is 2.59. The molecule has 0 saturated heterocycles. The first-order chi connectivity index (χ1) is 13.7. The summed E-state index contributed by atoms with van der Waals surface area (Å²) >= 11 is 4.96. The van der Waals surface area contributed by atoms with E-state index in [1.54, 1.807) is 23.5 Å². The molecule has 2 amide bonds. The average Bonchev–Trinajstić information content (AvgIpc) is 3.02. The molecule has 6 heteroatoms. The highest BCUT2D eigenvalue weighted by atomic mass is 79.9. The SMILES string of the molecule is CCCNC(=O)c1c(NC(=O)c2ccc(Br)cc2)sc2c1CCC(C(C)(C)C)C2. The Bertz CT molecular complexity index is 897. The Morgan fingerprint density at radius 3 is 2.48 bits per heavy atom. The third kappa shape index (κ3) is 5.10. The summed E-state index contributed by atoms with van der Waals surface area (Å²) in [6.07, 6.45) is 3.80. The molecule has 2 N–H and O–H groups in total. The van der Waals surface area contributed by atoms with Crippen LogP contribution in [0.25, 0.3) is 0 Å². The van der Waals surface area contributed by atoms with Gasteiger partial charge in [0.25, 0.3) is 11.8 Å². The van der Waals surface area contributed by atoms with Crippen LogP contribution in [0.3, 0.4) is 0 Å². The van der Waals surface area contributed by atoms with Crippen LogP contribution in [0.15, 0.2) is 28.7 Å². The number of anilines is 1. The van der Waals surface area contributed by atoms with Crippen molar-refractivity contribution in [3.63, 3.8) is 0 Å². The molecule has 1 heterocycles. The van der Waals surface area contributed by atoms with E-state index in [-0.39, 0.29) is 17.2 Å². The molecule has 1 atom stereocenters. The molecule has 1 unspecified atom stereocenters. The largest absolute Gasteiger partial charge is 0.352 e. The maximum atomic E-state index is 12.9. The zero-order chi connectivity index (χ0) is 21.2. The minimum atomic E-state index is -0.187. The number of carbonyl (C=O) groups excluding carboxylic acids is 2. The lowest BCUT2D eigenvalue weighted by molar-refractivity contribution is 0.0953. The topological polar surface area (TPSA) is 58.2 Å². The van der Waals surface area contributed by atoms with E-state index >= 15 is 0 Å². The van der Waals surface area contributed by atoms with Gasteiger partial charge in [-0.2, -0.15) is 0 Å². The number of amides is 2. The second-order valence-electron chi connectivity index (χ2n) is 8.73. The fraction of sp³-hybridized carbons (Fsp3) is 0.478. The number of carbonyl (C=O) groups is 2. The zero-order valence-electron chi connectivity index (χ0n) is 17.5. The minimum absolute atomic E-state index is 0.0790. The molecule has 0 saturated carbocycles. The molecule has 29 heavy (non-hydrogen) atoms. The van der Waals surface area contributed by atoms with Gasteiger partial charge >= 0.3 is 0 Å². The van der Waals surface area contributed by atoms with Gasteiger partial charge in [0.1, 0.15) is 5.00 Å². The summed E-state index contributed by atoms with van der Waals surface area (Å²) in [4.78, 5) is 27.0. The maximum Gasteiger partial charge on any atom is 0.256 e. The molecule has 2 aromatic rings. The number of nitrogens with one attached hydrogen (secondary N) is 2. The van der Waals surface area contributed by atoms with Crippen LogP contribution in [-0.2, 0) is 12.8 Å². The average molecular weight is 477 g/mol. The quantitative estimate of drug-likeness (QED) is 0.551. The molecule has 0 fully saturated rings. The van der Waals surface area contributed by atoms with Gasteiger partial charge < -0.3 is 10.6 Å². The van der Waals surface area contributed by atoms with Crippen LogP contribution in [0, 0.1) is 11.3 Å². The van der Waals surface area contributed by atoms with Gasteiger partial charge in [0, 0.05) is 21.5 Å². The molecule has 1 aromatic carbocycles. The van der Waals surface area contributed by atoms with Gasteiger partial charge in [-0.05, 0) is 66.8 Å². The Morgan fingerprint density at radius 1 is 1.17 bits per heavy atom. The van der Waals surface area contributed by atoms with Crippen LogP contribution in [0.5, 0.6) is 0 Å². The van der Waals surface area contributed by atoms with Crippen molar-refractivity contribution in [1.29, 1.82) is 0 Å². The number of hydrogen-bond donors (Lipinski definition) is 2. The Labute approximate surface area is 185 Å². The normalized spacial score (nSPS) is 16.2. The van der Waals surface area contributed by atoms with Gasteiger partial charge in [-0.15, -0.1) is 11.3 Å². The zero-order valence-corrected chi connectivity index (χ0v) is 19.9. The van der Waals surface area contributed by atoms with Gasteiger partial charge in [-0.1, -0.05) is 43.6 Å². The molecule has 1 aliphatic rings. The van der Waals surface area contributed by atoms with Crippen molar-refractivity contribution in [3.05, 3.63) is 50.3 Å². The molecule has 1 aromatic heterocycles. The third-order valence-electron chi connectivity index (χ3n) is 5.59. The van der Waals surface area contributed by atoms with E-state index in [2.05, 4.69) is 47.3 Å². The van der Waals surface area contributed by atoms with E-state index in [0.29, 0.717) is 28.6 Å². The van der Waals surface area contributed by atoms with E-state index in [1.807, 2.05) is 19.1 Å². The van der Waals surface area contributed by atoms with Crippen LogP contribution < -0.4 is 10.6 Å². The molecule has 4 nitrogen and oxygen atoms in total.